The van der Waals surface area contributed by atoms with Crippen molar-refractivity contribution in [3.05, 3.63) is 42.0 Å². The van der Waals surface area contributed by atoms with Crippen LogP contribution in [0.2, 0.25) is 0 Å². The first kappa shape index (κ1) is 10.6. The summed E-state index contributed by atoms with van der Waals surface area (Å²) < 4.78 is 10.5. The van der Waals surface area contributed by atoms with Gasteiger partial charge in [-0.1, -0.05) is 0 Å². The molecule has 0 aromatic carbocycles. The van der Waals surface area contributed by atoms with Crippen molar-refractivity contribution >= 4 is 0 Å². The van der Waals surface area contributed by atoms with Crippen molar-refractivity contribution in [1.29, 1.82) is 0 Å². The maximum Gasteiger partial charge on any atom is 0.233 e. The van der Waals surface area contributed by atoms with Crippen LogP contribution in [-0.2, 0) is 13.2 Å². The lowest BCUT2D eigenvalue weighted by Gasteiger charge is -2.03. The molecule has 0 bridgehead atoms. The van der Waals surface area contributed by atoms with E-state index in [4.69, 9.17) is 9.15 Å². The van der Waals surface area contributed by atoms with Gasteiger partial charge in [-0.25, -0.2) is 0 Å². The molecule has 2 aromatic rings. The molecule has 0 unspecified atom stereocenters. The molecule has 5 nitrogen and oxygen atoms in total. The summed E-state index contributed by atoms with van der Waals surface area (Å²) in [5.74, 6) is 1.26. The number of hydrogen-bond acceptors (Lipinski definition) is 5. The largest absolute Gasteiger partial charge is 0.468 e. The minimum Gasteiger partial charge on any atom is -0.468 e. The van der Waals surface area contributed by atoms with Gasteiger partial charge in [0.1, 0.15) is 12.4 Å². The van der Waals surface area contributed by atoms with Crippen molar-refractivity contribution in [3.63, 3.8) is 0 Å². The van der Waals surface area contributed by atoms with Gasteiger partial charge in [0, 0.05) is 12.6 Å². The van der Waals surface area contributed by atoms with E-state index in [1.165, 1.54) is 0 Å². The number of ether oxygens (including phenoxy) is 1. The fraction of sp³-hybridized carbons (Fsp3) is 0.273. The monoisotopic (exact) mass is 219 g/mol. The summed E-state index contributed by atoms with van der Waals surface area (Å²) in [6, 6.07) is 7.34. The van der Waals surface area contributed by atoms with Crippen LogP contribution in [0.3, 0.4) is 0 Å². The van der Waals surface area contributed by atoms with E-state index in [0.717, 1.165) is 11.5 Å². The lowest BCUT2D eigenvalue weighted by Crippen LogP contribution is -2.08. The van der Waals surface area contributed by atoms with Gasteiger partial charge >= 0.3 is 0 Å². The molecule has 2 aromatic heterocycles. The van der Waals surface area contributed by atoms with Crippen molar-refractivity contribution < 1.29 is 9.15 Å². The van der Waals surface area contributed by atoms with Crippen molar-refractivity contribution in [3.8, 4) is 5.88 Å². The second-order valence-corrected chi connectivity index (χ2v) is 3.26. The molecule has 2 heterocycles. The number of rotatable bonds is 5. The molecule has 5 heteroatoms. The molecule has 0 aliphatic rings. The average Bonchev–Trinajstić information content (AvgIpc) is 2.82. The minimum atomic E-state index is 0.368. The molecule has 2 rings (SSSR count). The zero-order chi connectivity index (χ0) is 11.2. The van der Waals surface area contributed by atoms with Crippen LogP contribution in [0.25, 0.3) is 0 Å². The Kier molecular flexibility index (Phi) is 3.50. The van der Waals surface area contributed by atoms with Crippen molar-refractivity contribution in [2.75, 3.05) is 7.05 Å². The highest BCUT2D eigenvalue weighted by atomic mass is 16.5. The molecule has 0 aliphatic heterocycles. The first-order valence-electron chi connectivity index (χ1n) is 5.01. The Morgan fingerprint density at radius 1 is 1.31 bits per heavy atom. The second kappa shape index (κ2) is 5.27. The number of nitrogens with one attached hydrogen (secondary N) is 1. The van der Waals surface area contributed by atoms with E-state index >= 15 is 0 Å². The topological polar surface area (TPSA) is 60.2 Å². The van der Waals surface area contributed by atoms with Gasteiger partial charge in [0.25, 0.3) is 0 Å². The Morgan fingerprint density at radius 2 is 2.25 bits per heavy atom. The van der Waals surface area contributed by atoms with Gasteiger partial charge in [0.15, 0.2) is 0 Å². The molecule has 0 fully saturated rings. The Balaban J connectivity index is 1.90. The molecule has 0 spiro atoms. The van der Waals surface area contributed by atoms with E-state index in [0.29, 0.717) is 19.0 Å². The Morgan fingerprint density at radius 3 is 2.88 bits per heavy atom. The van der Waals surface area contributed by atoms with Crippen molar-refractivity contribution in [2.45, 2.75) is 13.2 Å². The van der Waals surface area contributed by atoms with Gasteiger partial charge < -0.3 is 14.5 Å². The molecule has 0 amide bonds. The van der Waals surface area contributed by atoms with E-state index < -0.39 is 0 Å². The van der Waals surface area contributed by atoms with Crippen LogP contribution < -0.4 is 10.1 Å². The molecule has 16 heavy (non-hydrogen) atoms. The summed E-state index contributed by atoms with van der Waals surface area (Å²) in [6.45, 7) is 1.07. The molecule has 1 N–H and O–H groups in total. The molecule has 0 radical (unpaired) electrons. The highest BCUT2D eigenvalue weighted by Gasteiger charge is 2.00. The van der Waals surface area contributed by atoms with Gasteiger partial charge in [-0.15, -0.1) is 5.10 Å². The average molecular weight is 219 g/mol. The van der Waals surface area contributed by atoms with Crippen LogP contribution in [0.4, 0.5) is 0 Å². The Bertz CT molecular complexity index is 411. The summed E-state index contributed by atoms with van der Waals surface area (Å²) in [7, 11) is 1.86. The van der Waals surface area contributed by atoms with Crippen LogP contribution in [0.1, 0.15) is 11.5 Å². The highest BCUT2D eigenvalue weighted by Crippen LogP contribution is 2.08. The smallest absolute Gasteiger partial charge is 0.233 e. The maximum absolute atomic E-state index is 5.40. The third kappa shape index (κ3) is 2.80. The van der Waals surface area contributed by atoms with Gasteiger partial charge in [0.2, 0.25) is 5.88 Å². The SMILES string of the molecule is CNCc1ccc(OCc2ccco2)nn1. The zero-order valence-electron chi connectivity index (χ0n) is 9.01. The van der Waals surface area contributed by atoms with E-state index in [1.807, 2.05) is 25.2 Å². The summed E-state index contributed by atoms with van der Waals surface area (Å²) >= 11 is 0. The van der Waals surface area contributed by atoms with E-state index in [9.17, 15) is 0 Å². The predicted molar refractivity (Wildman–Crippen MR) is 57.8 cm³/mol. The lowest BCUT2D eigenvalue weighted by molar-refractivity contribution is 0.257. The maximum atomic E-state index is 5.40. The summed E-state index contributed by atoms with van der Waals surface area (Å²) in [4.78, 5) is 0. The Hall–Kier alpha value is -1.88. The van der Waals surface area contributed by atoms with Crippen molar-refractivity contribution in [1.82, 2.24) is 15.5 Å². The molecular weight excluding hydrogens is 206 g/mol. The van der Waals surface area contributed by atoms with Crippen LogP contribution in [0.15, 0.2) is 34.9 Å². The summed E-state index contributed by atoms with van der Waals surface area (Å²) in [6.07, 6.45) is 1.61. The fourth-order valence-electron chi connectivity index (χ4n) is 1.24. The molecule has 0 aliphatic carbocycles. The van der Waals surface area contributed by atoms with Crippen LogP contribution in [0.5, 0.6) is 5.88 Å². The lowest BCUT2D eigenvalue weighted by atomic mass is 10.4. The van der Waals surface area contributed by atoms with E-state index in [1.54, 1.807) is 12.3 Å². The van der Waals surface area contributed by atoms with Gasteiger partial charge in [-0.05, 0) is 25.2 Å². The fourth-order valence-corrected chi connectivity index (χ4v) is 1.24. The van der Waals surface area contributed by atoms with E-state index in [2.05, 4.69) is 15.5 Å². The molecule has 84 valence electrons. The molecule has 0 saturated carbocycles. The minimum absolute atomic E-state index is 0.368. The third-order valence-corrected chi connectivity index (χ3v) is 2.00. The second-order valence-electron chi connectivity index (χ2n) is 3.26. The summed E-state index contributed by atoms with van der Waals surface area (Å²) in [5.41, 5.74) is 0.882. The number of hydrogen-bond donors (Lipinski definition) is 1. The Labute approximate surface area is 93.4 Å². The molecule has 0 atom stereocenters. The standard InChI is InChI=1S/C11H13N3O2/c1-12-7-9-4-5-11(14-13-9)16-8-10-3-2-6-15-10/h2-6,12H,7-8H2,1H3. The zero-order valence-corrected chi connectivity index (χ0v) is 9.01. The van der Waals surface area contributed by atoms with Gasteiger partial charge in [0.05, 0.1) is 12.0 Å². The third-order valence-electron chi connectivity index (χ3n) is 2.00. The predicted octanol–water partition coefficient (Wildman–Crippen LogP) is 1.37. The quantitative estimate of drug-likeness (QED) is 0.822. The number of furan rings is 1. The van der Waals surface area contributed by atoms with E-state index in [-0.39, 0.29) is 0 Å². The van der Waals surface area contributed by atoms with Crippen molar-refractivity contribution in [2.24, 2.45) is 0 Å². The van der Waals surface area contributed by atoms with Gasteiger partial charge in [-0.3, -0.25) is 0 Å². The van der Waals surface area contributed by atoms with Crippen LogP contribution in [0, 0.1) is 0 Å². The first-order chi connectivity index (χ1) is 7.88. The molecular formula is C11H13N3O2. The van der Waals surface area contributed by atoms with Crippen LogP contribution in [-0.4, -0.2) is 17.2 Å². The number of nitrogens with zero attached hydrogens (tertiary/aromatic N) is 2. The van der Waals surface area contributed by atoms with Gasteiger partial charge in [-0.2, -0.15) is 5.10 Å². The van der Waals surface area contributed by atoms with Crippen LogP contribution >= 0.6 is 0 Å². The number of aromatic nitrogens is 2. The molecule has 0 saturated heterocycles. The summed E-state index contributed by atoms with van der Waals surface area (Å²) in [5, 5.41) is 10.9. The first-order valence-corrected chi connectivity index (χ1v) is 5.01. The normalized spacial score (nSPS) is 10.3. The highest BCUT2D eigenvalue weighted by molar-refractivity contribution is 5.11.